The van der Waals surface area contributed by atoms with E-state index in [-0.39, 0.29) is 6.29 Å². The maximum absolute atomic E-state index is 5.44. The quantitative estimate of drug-likeness (QED) is 0.548. The topological polar surface area (TPSA) is 27.7 Å². The van der Waals surface area contributed by atoms with Crippen LogP contribution in [0.25, 0.3) is 0 Å². The molecule has 0 amide bonds. The number of ether oxygens (including phenoxy) is 3. The molecule has 0 spiro atoms. The minimum atomic E-state index is -0.124. The molecule has 0 saturated heterocycles. The Morgan fingerprint density at radius 2 is 1.46 bits per heavy atom. The van der Waals surface area contributed by atoms with Gasteiger partial charge in [0.15, 0.2) is 6.29 Å². The van der Waals surface area contributed by atoms with Crippen LogP contribution in [-0.2, 0) is 14.2 Å². The second kappa shape index (κ2) is 8.48. The molecule has 0 heterocycles. The highest BCUT2D eigenvalue weighted by molar-refractivity contribution is 4.56. The van der Waals surface area contributed by atoms with Crippen LogP contribution in [-0.4, -0.2) is 32.7 Å². The Morgan fingerprint density at radius 3 is 1.85 bits per heavy atom. The van der Waals surface area contributed by atoms with E-state index in [2.05, 4.69) is 6.92 Å². The van der Waals surface area contributed by atoms with Crippen LogP contribution < -0.4 is 0 Å². The van der Waals surface area contributed by atoms with Crippen LogP contribution in [0, 0.1) is 5.92 Å². The standard InChI is InChI=1S/C10H22O3/c1-5-11-8-9(4)10(12-6-2)13-7-3/h9-10H,5-8H2,1-4H3/t9-/m1/s1. The zero-order valence-corrected chi connectivity index (χ0v) is 9.21. The lowest BCUT2D eigenvalue weighted by molar-refractivity contribution is -0.173. The van der Waals surface area contributed by atoms with Gasteiger partial charge in [-0.25, -0.2) is 0 Å². The highest BCUT2D eigenvalue weighted by Gasteiger charge is 2.17. The first kappa shape index (κ1) is 12.9. The third kappa shape index (κ3) is 6.02. The van der Waals surface area contributed by atoms with E-state index in [1.807, 2.05) is 20.8 Å². The molecule has 80 valence electrons. The predicted octanol–water partition coefficient (Wildman–Crippen LogP) is 2.06. The SMILES string of the molecule is CCOC[C@@H](C)C(OCC)OCC. The monoisotopic (exact) mass is 190 g/mol. The molecule has 3 heteroatoms. The van der Waals surface area contributed by atoms with Gasteiger partial charge in [0.25, 0.3) is 0 Å². The maximum Gasteiger partial charge on any atom is 0.162 e. The van der Waals surface area contributed by atoms with Crippen LogP contribution in [0.15, 0.2) is 0 Å². The van der Waals surface area contributed by atoms with E-state index in [1.54, 1.807) is 0 Å². The van der Waals surface area contributed by atoms with Gasteiger partial charge in [0, 0.05) is 25.7 Å². The van der Waals surface area contributed by atoms with Gasteiger partial charge in [-0.1, -0.05) is 6.92 Å². The summed E-state index contributed by atoms with van der Waals surface area (Å²) in [6, 6.07) is 0. The van der Waals surface area contributed by atoms with Crippen molar-refractivity contribution in [1.82, 2.24) is 0 Å². The van der Waals surface area contributed by atoms with Crippen molar-refractivity contribution in [2.75, 3.05) is 26.4 Å². The summed E-state index contributed by atoms with van der Waals surface area (Å²) in [6.07, 6.45) is -0.124. The molecule has 0 N–H and O–H groups in total. The highest BCUT2D eigenvalue weighted by atomic mass is 16.7. The van der Waals surface area contributed by atoms with Crippen molar-refractivity contribution < 1.29 is 14.2 Å². The van der Waals surface area contributed by atoms with E-state index >= 15 is 0 Å². The molecule has 0 saturated carbocycles. The molecule has 0 aliphatic heterocycles. The number of hydrogen-bond acceptors (Lipinski definition) is 3. The number of hydrogen-bond donors (Lipinski definition) is 0. The number of rotatable bonds is 8. The lowest BCUT2D eigenvalue weighted by atomic mass is 10.2. The van der Waals surface area contributed by atoms with Crippen LogP contribution in [0.4, 0.5) is 0 Å². The van der Waals surface area contributed by atoms with Crippen molar-refractivity contribution in [3.8, 4) is 0 Å². The molecule has 3 nitrogen and oxygen atoms in total. The Hall–Kier alpha value is -0.120. The average Bonchev–Trinajstić information content (AvgIpc) is 2.14. The third-order valence-corrected chi connectivity index (χ3v) is 1.71. The molecule has 1 atom stereocenters. The van der Waals surface area contributed by atoms with Gasteiger partial charge in [0.2, 0.25) is 0 Å². The van der Waals surface area contributed by atoms with Gasteiger partial charge in [-0.05, 0) is 20.8 Å². The average molecular weight is 190 g/mol. The molecule has 0 aliphatic rings. The summed E-state index contributed by atoms with van der Waals surface area (Å²) in [7, 11) is 0. The molecule has 0 rings (SSSR count). The molecule has 0 aromatic heterocycles. The predicted molar refractivity (Wildman–Crippen MR) is 52.7 cm³/mol. The molecule has 13 heavy (non-hydrogen) atoms. The van der Waals surface area contributed by atoms with Crippen LogP contribution in [0.1, 0.15) is 27.7 Å². The van der Waals surface area contributed by atoms with Gasteiger partial charge in [-0.15, -0.1) is 0 Å². The van der Waals surface area contributed by atoms with Crippen LogP contribution in [0.2, 0.25) is 0 Å². The first-order valence-electron chi connectivity index (χ1n) is 5.07. The van der Waals surface area contributed by atoms with Gasteiger partial charge in [0.1, 0.15) is 0 Å². The Morgan fingerprint density at radius 1 is 0.923 bits per heavy atom. The Labute approximate surface area is 81.4 Å². The van der Waals surface area contributed by atoms with Crippen molar-refractivity contribution in [3.63, 3.8) is 0 Å². The molecule has 0 fully saturated rings. The van der Waals surface area contributed by atoms with Crippen LogP contribution in [0.5, 0.6) is 0 Å². The smallest absolute Gasteiger partial charge is 0.162 e. The molecular weight excluding hydrogens is 168 g/mol. The largest absolute Gasteiger partial charge is 0.381 e. The van der Waals surface area contributed by atoms with Crippen molar-refractivity contribution in [3.05, 3.63) is 0 Å². The summed E-state index contributed by atoms with van der Waals surface area (Å²) in [5, 5.41) is 0. The van der Waals surface area contributed by atoms with Gasteiger partial charge in [-0.2, -0.15) is 0 Å². The van der Waals surface area contributed by atoms with Crippen LogP contribution >= 0.6 is 0 Å². The third-order valence-electron chi connectivity index (χ3n) is 1.71. The molecule has 0 radical (unpaired) electrons. The first-order chi connectivity index (χ1) is 6.26. The molecular formula is C10H22O3. The van der Waals surface area contributed by atoms with Crippen molar-refractivity contribution >= 4 is 0 Å². The summed E-state index contributed by atoms with van der Waals surface area (Å²) in [6.45, 7) is 10.8. The van der Waals surface area contributed by atoms with E-state index in [4.69, 9.17) is 14.2 Å². The van der Waals surface area contributed by atoms with E-state index < -0.39 is 0 Å². The first-order valence-corrected chi connectivity index (χ1v) is 5.07. The second-order valence-corrected chi connectivity index (χ2v) is 2.92. The second-order valence-electron chi connectivity index (χ2n) is 2.92. The van der Waals surface area contributed by atoms with Crippen molar-refractivity contribution in [2.24, 2.45) is 5.92 Å². The van der Waals surface area contributed by atoms with Gasteiger partial charge in [0.05, 0.1) is 6.61 Å². The van der Waals surface area contributed by atoms with E-state index in [0.717, 1.165) is 6.61 Å². The van der Waals surface area contributed by atoms with Gasteiger partial charge >= 0.3 is 0 Å². The summed E-state index contributed by atoms with van der Waals surface area (Å²) in [5.41, 5.74) is 0. The Kier molecular flexibility index (Phi) is 8.40. The molecule has 0 aromatic carbocycles. The maximum atomic E-state index is 5.44. The zero-order chi connectivity index (χ0) is 10.1. The minimum absolute atomic E-state index is 0.124. The Balaban J connectivity index is 3.72. The Bertz CT molecular complexity index is 100. The molecule has 0 aliphatic carbocycles. The lowest BCUT2D eigenvalue weighted by Crippen LogP contribution is -2.28. The van der Waals surface area contributed by atoms with E-state index in [0.29, 0.717) is 25.7 Å². The molecule has 0 unspecified atom stereocenters. The lowest BCUT2D eigenvalue weighted by Gasteiger charge is -2.23. The van der Waals surface area contributed by atoms with Crippen LogP contribution in [0.3, 0.4) is 0 Å². The van der Waals surface area contributed by atoms with Gasteiger partial charge < -0.3 is 14.2 Å². The summed E-state index contributed by atoms with van der Waals surface area (Å²) < 4.78 is 16.2. The minimum Gasteiger partial charge on any atom is -0.381 e. The van der Waals surface area contributed by atoms with E-state index in [1.165, 1.54) is 0 Å². The summed E-state index contributed by atoms with van der Waals surface area (Å²) in [5.74, 6) is 0.292. The molecule has 0 aromatic rings. The fraction of sp³-hybridized carbons (Fsp3) is 1.00. The molecule has 0 bridgehead atoms. The van der Waals surface area contributed by atoms with Gasteiger partial charge in [-0.3, -0.25) is 0 Å². The fourth-order valence-electron chi connectivity index (χ4n) is 1.09. The zero-order valence-electron chi connectivity index (χ0n) is 9.21. The highest BCUT2D eigenvalue weighted by Crippen LogP contribution is 2.09. The summed E-state index contributed by atoms with van der Waals surface area (Å²) >= 11 is 0. The van der Waals surface area contributed by atoms with Crippen molar-refractivity contribution in [2.45, 2.75) is 34.0 Å². The van der Waals surface area contributed by atoms with Crippen molar-refractivity contribution in [1.29, 1.82) is 0 Å². The van der Waals surface area contributed by atoms with E-state index in [9.17, 15) is 0 Å². The normalized spacial score (nSPS) is 13.6. The summed E-state index contributed by atoms with van der Waals surface area (Å²) in [4.78, 5) is 0. The fourth-order valence-corrected chi connectivity index (χ4v) is 1.09.